The van der Waals surface area contributed by atoms with E-state index in [-0.39, 0.29) is 11.8 Å². The summed E-state index contributed by atoms with van der Waals surface area (Å²) in [5.41, 5.74) is 1.04. The molecule has 1 saturated carbocycles. The Hall–Kier alpha value is -1.44. The SMILES string of the molecule is Cc1ccc(S(=O)(=O)N2CCC(C(=O)N(C)CCN(C)C3CCCCC3)CC2)cc1. The number of benzene rings is 1. The van der Waals surface area contributed by atoms with E-state index in [1.807, 2.05) is 31.0 Å². The van der Waals surface area contributed by atoms with Gasteiger partial charge in [-0.1, -0.05) is 37.0 Å². The van der Waals surface area contributed by atoms with Gasteiger partial charge in [0.2, 0.25) is 15.9 Å². The fourth-order valence-electron chi connectivity index (χ4n) is 4.64. The summed E-state index contributed by atoms with van der Waals surface area (Å²) >= 11 is 0. The molecule has 0 atom stereocenters. The standard InChI is InChI=1S/C23H37N3O3S/c1-19-9-11-22(12-10-19)30(28,29)26-15-13-20(14-16-26)23(27)25(3)18-17-24(2)21-7-5-4-6-8-21/h9-12,20-21H,4-8,13-18H2,1-3H3. The highest BCUT2D eigenvalue weighted by Gasteiger charge is 2.33. The maximum Gasteiger partial charge on any atom is 0.243 e. The first-order valence-corrected chi connectivity index (χ1v) is 12.7. The zero-order valence-electron chi connectivity index (χ0n) is 18.7. The minimum atomic E-state index is -3.48. The lowest BCUT2D eigenvalue weighted by Crippen LogP contribution is -2.45. The van der Waals surface area contributed by atoms with Crippen LogP contribution < -0.4 is 0 Å². The van der Waals surface area contributed by atoms with E-state index < -0.39 is 10.0 Å². The molecule has 0 unspecified atom stereocenters. The van der Waals surface area contributed by atoms with Crippen molar-refractivity contribution in [2.75, 3.05) is 40.3 Å². The number of likely N-dealkylation sites (N-methyl/N-ethyl adjacent to an activating group) is 2. The molecule has 1 saturated heterocycles. The highest BCUT2D eigenvalue weighted by molar-refractivity contribution is 7.89. The number of amides is 1. The Morgan fingerprint density at radius 1 is 0.967 bits per heavy atom. The second kappa shape index (κ2) is 10.2. The number of carbonyl (C=O) groups excluding carboxylic acids is 1. The molecule has 0 N–H and O–H groups in total. The average Bonchev–Trinajstić information content (AvgIpc) is 2.77. The van der Waals surface area contributed by atoms with Crippen molar-refractivity contribution in [3.63, 3.8) is 0 Å². The van der Waals surface area contributed by atoms with Crippen molar-refractivity contribution in [2.24, 2.45) is 5.92 Å². The van der Waals surface area contributed by atoms with Gasteiger partial charge in [-0.05, 0) is 51.8 Å². The highest BCUT2D eigenvalue weighted by Crippen LogP contribution is 2.25. The zero-order chi connectivity index (χ0) is 21.7. The molecule has 2 aliphatic rings. The van der Waals surface area contributed by atoms with Crippen LogP contribution in [0.25, 0.3) is 0 Å². The Labute approximate surface area is 182 Å². The van der Waals surface area contributed by atoms with Gasteiger partial charge in [0, 0.05) is 45.2 Å². The van der Waals surface area contributed by atoms with Crippen LogP contribution in [0.2, 0.25) is 0 Å². The Bertz CT molecular complexity index is 795. The lowest BCUT2D eigenvalue weighted by molar-refractivity contribution is -0.135. The van der Waals surface area contributed by atoms with Crippen LogP contribution in [0, 0.1) is 12.8 Å². The normalized spacial score (nSPS) is 19.9. The summed E-state index contributed by atoms with van der Waals surface area (Å²) in [6, 6.07) is 7.62. The fourth-order valence-corrected chi connectivity index (χ4v) is 6.11. The first-order chi connectivity index (χ1) is 14.3. The number of aryl methyl sites for hydroxylation is 1. The third-order valence-electron chi connectivity index (χ3n) is 6.82. The summed E-state index contributed by atoms with van der Waals surface area (Å²) in [4.78, 5) is 17.5. The van der Waals surface area contributed by atoms with E-state index in [0.29, 0.717) is 36.9 Å². The molecule has 0 bridgehead atoms. The predicted molar refractivity (Wildman–Crippen MR) is 120 cm³/mol. The average molecular weight is 436 g/mol. The first-order valence-electron chi connectivity index (χ1n) is 11.3. The van der Waals surface area contributed by atoms with Crippen LogP contribution in [0.5, 0.6) is 0 Å². The van der Waals surface area contributed by atoms with Crippen LogP contribution in [0.1, 0.15) is 50.5 Å². The molecule has 1 heterocycles. The Kier molecular flexibility index (Phi) is 7.93. The molecule has 168 valence electrons. The van der Waals surface area contributed by atoms with E-state index in [0.717, 1.165) is 18.7 Å². The quantitative estimate of drug-likeness (QED) is 0.660. The summed E-state index contributed by atoms with van der Waals surface area (Å²) in [5, 5.41) is 0. The van der Waals surface area contributed by atoms with Gasteiger partial charge in [-0.25, -0.2) is 8.42 Å². The van der Waals surface area contributed by atoms with E-state index in [1.165, 1.54) is 36.4 Å². The van der Waals surface area contributed by atoms with E-state index >= 15 is 0 Å². The Morgan fingerprint density at radius 2 is 1.57 bits per heavy atom. The molecular weight excluding hydrogens is 398 g/mol. The van der Waals surface area contributed by atoms with Gasteiger partial charge in [0.15, 0.2) is 0 Å². The van der Waals surface area contributed by atoms with Crippen molar-refractivity contribution in [3.05, 3.63) is 29.8 Å². The number of sulfonamides is 1. The molecular formula is C23H37N3O3S. The van der Waals surface area contributed by atoms with Crippen LogP contribution in [0.3, 0.4) is 0 Å². The molecule has 2 fully saturated rings. The van der Waals surface area contributed by atoms with Gasteiger partial charge in [-0.2, -0.15) is 4.31 Å². The van der Waals surface area contributed by atoms with Gasteiger partial charge in [0.05, 0.1) is 4.90 Å². The predicted octanol–water partition coefficient (Wildman–Crippen LogP) is 3.12. The smallest absolute Gasteiger partial charge is 0.243 e. The molecule has 1 aliphatic heterocycles. The van der Waals surface area contributed by atoms with Crippen molar-refractivity contribution >= 4 is 15.9 Å². The molecule has 0 spiro atoms. The number of carbonyl (C=O) groups is 1. The van der Waals surface area contributed by atoms with Gasteiger partial charge < -0.3 is 9.80 Å². The maximum absolute atomic E-state index is 12.9. The van der Waals surface area contributed by atoms with Crippen LogP contribution >= 0.6 is 0 Å². The topological polar surface area (TPSA) is 60.9 Å². The van der Waals surface area contributed by atoms with Crippen LogP contribution in [-0.4, -0.2) is 74.7 Å². The lowest BCUT2D eigenvalue weighted by Gasteiger charge is -2.34. The summed E-state index contributed by atoms with van der Waals surface area (Å²) in [5.74, 6) is 0.0684. The van der Waals surface area contributed by atoms with Crippen molar-refractivity contribution in [1.82, 2.24) is 14.1 Å². The summed E-state index contributed by atoms with van der Waals surface area (Å²) in [7, 11) is 0.570. The molecule has 0 aromatic heterocycles. The summed E-state index contributed by atoms with van der Waals surface area (Å²) < 4.78 is 27.2. The summed E-state index contributed by atoms with van der Waals surface area (Å²) in [6.45, 7) is 4.38. The van der Waals surface area contributed by atoms with Crippen molar-refractivity contribution in [3.8, 4) is 0 Å². The van der Waals surface area contributed by atoms with Gasteiger partial charge in [0.25, 0.3) is 0 Å². The third kappa shape index (κ3) is 5.62. The van der Waals surface area contributed by atoms with E-state index in [4.69, 9.17) is 0 Å². The number of nitrogens with zero attached hydrogens (tertiary/aromatic N) is 3. The first kappa shape index (κ1) is 23.2. The van der Waals surface area contributed by atoms with Crippen LogP contribution in [-0.2, 0) is 14.8 Å². The Morgan fingerprint density at radius 3 is 2.17 bits per heavy atom. The fraction of sp³-hybridized carbons (Fsp3) is 0.696. The van der Waals surface area contributed by atoms with E-state index in [1.54, 1.807) is 12.1 Å². The molecule has 7 heteroatoms. The highest BCUT2D eigenvalue weighted by atomic mass is 32.2. The number of hydrogen-bond acceptors (Lipinski definition) is 4. The number of hydrogen-bond donors (Lipinski definition) is 0. The lowest BCUT2D eigenvalue weighted by atomic mass is 9.94. The largest absolute Gasteiger partial charge is 0.344 e. The molecule has 1 amide bonds. The van der Waals surface area contributed by atoms with E-state index in [9.17, 15) is 13.2 Å². The van der Waals surface area contributed by atoms with Gasteiger partial charge in [-0.3, -0.25) is 4.79 Å². The number of piperidine rings is 1. The van der Waals surface area contributed by atoms with Gasteiger partial charge in [-0.15, -0.1) is 0 Å². The maximum atomic E-state index is 12.9. The zero-order valence-corrected chi connectivity index (χ0v) is 19.5. The molecule has 30 heavy (non-hydrogen) atoms. The second-order valence-corrected chi connectivity index (χ2v) is 11.0. The van der Waals surface area contributed by atoms with Crippen molar-refractivity contribution in [1.29, 1.82) is 0 Å². The summed E-state index contributed by atoms with van der Waals surface area (Å²) in [6.07, 6.45) is 7.69. The van der Waals surface area contributed by atoms with Crippen molar-refractivity contribution < 1.29 is 13.2 Å². The molecule has 6 nitrogen and oxygen atoms in total. The van der Waals surface area contributed by atoms with E-state index in [2.05, 4.69) is 11.9 Å². The number of rotatable bonds is 7. The molecule has 0 radical (unpaired) electrons. The van der Waals surface area contributed by atoms with Gasteiger partial charge in [0.1, 0.15) is 0 Å². The van der Waals surface area contributed by atoms with Crippen LogP contribution in [0.4, 0.5) is 0 Å². The Balaban J connectivity index is 1.47. The molecule has 1 aromatic carbocycles. The minimum absolute atomic E-state index is 0.0838. The monoisotopic (exact) mass is 435 g/mol. The minimum Gasteiger partial charge on any atom is -0.344 e. The van der Waals surface area contributed by atoms with Crippen LogP contribution in [0.15, 0.2) is 29.2 Å². The second-order valence-electron chi connectivity index (χ2n) is 9.02. The molecule has 1 aromatic rings. The molecule has 1 aliphatic carbocycles. The molecule has 3 rings (SSSR count). The van der Waals surface area contributed by atoms with Crippen molar-refractivity contribution in [2.45, 2.75) is 62.8 Å². The third-order valence-corrected chi connectivity index (χ3v) is 8.74. The van der Waals surface area contributed by atoms with Gasteiger partial charge >= 0.3 is 0 Å².